The van der Waals surface area contributed by atoms with Crippen LogP contribution in [0.3, 0.4) is 0 Å². The normalized spacial score (nSPS) is 10.3. The fourth-order valence-corrected chi connectivity index (χ4v) is 1.81. The van der Waals surface area contributed by atoms with Gasteiger partial charge in [-0.1, -0.05) is 15.9 Å². The van der Waals surface area contributed by atoms with Crippen molar-refractivity contribution in [1.82, 2.24) is 30.4 Å². The Bertz CT molecular complexity index is 667. The summed E-state index contributed by atoms with van der Waals surface area (Å²) in [7, 11) is 3.25. The molecule has 0 fully saturated rings. The number of nitrogens with zero attached hydrogens (tertiary/aromatic N) is 5. The van der Waals surface area contributed by atoms with Crippen LogP contribution in [0.15, 0.2) is 28.7 Å². The molecule has 0 saturated heterocycles. The number of halogens is 1. The molecule has 1 aromatic heterocycles. The van der Waals surface area contributed by atoms with E-state index in [1.165, 1.54) is 9.70 Å². The van der Waals surface area contributed by atoms with Crippen molar-refractivity contribution >= 4 is 27.7 Å². The van der Waals surface area contributed by atoms with Crippen molar-refractivity contribution in [3.63, 3.8) is 0 Å². The topological polar surface area (TPSA) is 93.0 Å². The zero-order valence-electron chi connectivity index (χ0n) is 12.2. The highest BCUT2D eigenvalue weighted by molar-refractivity contribution is 9.10. The van der Waals surface area contributed by atoms with Crippen molar-refractivity contribution in [2.24, 2.45) is 0 Å². The monoisotopic (exact) mass is 366 g/mol. The molecule has 0 aliphatic carbocycles. The molecule has 116 valence electrons. The lowest BCUT2D eigenvalue weighted by Crippen LogP contribution is -2.38. The molecule has 0 saturated carbocycles. The summed E-state index contributed by atoms with van der Waals surface area (Å²) in [6.07, 6.45) is 0. The highest BCUT2D eigenvalue weighted by atomic mass is 79.9. The zero-order chi connectivity index (χ0) is 16.1. The van der Waals surface area contributed by atoms with Gasteiger partial charge < -0.3 is 10.2 Å². The Hall–Kier alpha value is -2.29. The van der Waals surface area contributed by atoms with Gasteiger partial charge in [0.15, 0.2) is 0 Å². The van der Waals surface area contributed by atoms with E-state index in [-0.39, 0.29) is 24.9 Å². The van der Waals surface area contributed by atoms with Crippen molar-refractivity contribution in [3.8, 4) is 11.4 Å². The highest BCUT2D eigenvalue weighted by Gasteiger charge is 2.11. The number of likely N-dealkylation sites (N-methyl/N-ethyl adjacent to an activating group) is 1. The molecule has 2 rings (SSSR count). The number of rotatable bonds is 5. The van der Waals surface area contributed by atoms with E-state index >= 15 is 0 Å². The van der Waals surface area contributed by atoms with Crippen molar-refractivity contribution in [3.05, 3.63) is 28.7 Å². The van der Waals surface area contributed by atoms with Crippen LogP contribution in [0.2, 0.25) is 0 Å². The molecule has 9 heteroatoms. The highest BCUT2D eigenvalue weighted by Crippen LogP contribution is 2.17. The molecule has 0 aliphatic rings. The van der Waals surface area contributed by atoms with Crippen LogP contribution in [-0.2, 0) is 16.1 Å². The summed E-state index contributed by atoms with van der Waals surface area (Å²) in [5, 5.41) is 14.4. The zero-order valence-corrected chi connectivity index (χ0v) is 13.7. The molecule has 1 aromatic carbocycles. The molecule has 0 unspecified atom stereocenters. The summed E-state index contributed by atoms with van der Waals surface area (Å²) in [5.41, 5.74) is 0.803. The maximum absolute atomic E-state index is 11.7. The molecule has 2 aromatic rings. The quantitative estimate of drug-likeness (QED) is 0.821. The smallest absolute Gasteiger partial charge is 0.244 e. The van der Waals surface area contributed by atoms with Crippen molar-refractivity contribution < 1.29 is 9.59 Å². The number of benzene rings is 1. The summed E-state index contributed by atoms with van der Waals surface area (Å²) >= 11 is 3.35. The Kier molecular flexibility index (Phi) is 5.21. The minimum Gasteiger partial charge on any atom is -0.347 e. The van der Waals surface area contributed by atoms with Gasteiger partial charge in [-0.05, 0) is 29.5 Å². The number of carbonyl (C=O) groups excluding carboxylic acids is 2. The second-order valence-electron chi connectivity index (χ2n) is 4.72. The van der Waals surface area contributed by atoms with Gasteiger partial charge >= 0.3 is 0 Å². The number of tetrazole rings is 1. The third-order valence-electron chi connectivity index (χ3n) is 2.78. The molecule has 2 amide bonds. The van der Waals surface area contributed by atoms with Crippen LogP contribution >= 0.6 is 15.9 Å². The Morgan fingerprint density at radius 3 is 2.59 bits per heavy atom. The lowest BCUT2D eigenvalue weighted by Gasteiger charge is -2.10. The van der Waals surface area contributed by atoms with Crippen molar-refractivity contribution in [1.29, 1.82) is 0 Å². The summed E-state index contributed by atoms with van der Waals surface area (Å²) in [6.45, 7) is -0.148. The minimum atomic E-state index is -0.352. The lowest BCUT2D eigenvalue weighted by atomic mass is 10.2. The first-order valence-corrected chi connectivity index (χ1v) is 7.25. The van der Waals surface area contributed by atoms with Gasteiger partial charge in [0, 0.05) is 24.1 Å². The van der Waals surface area contributed by atoms with Crippen LogP contribution in [-0.4, -0.2) is 57.6 Å². The van der Waals surface area contributed by atoms with Crippen molar-refractivity contribution in [2.75, 3.05) is 20.6 Å². The number of hydrogen-bond donors (Lipinski definition) is 1. The maximum Gasteiger partial charge on any atom is 0.244 e. The van der Waals surface area contributed by atoms with Gasteiger partial charge in [-0.25, -0.2) is 0 Å². The molecule has 0 aliphatic heterocycles. The average Bonchev–Trinajstić information content (AvgIpc) is 2.93. The van der Waals surface area contributed by atoms with E-state index in [0.29, 0.717) is 5.82 Å². The molecule has 1 heterocycles. The van der Waals surface area contributed by atoms with Crippen LogP contribution in [0, 0.1) is 0 Å². The van der Waals surface area contributed by atoms with E-state index in [1.54, 1.807) is 14.1 Å². The summed E-state index contributed by atoms with van der Waals surface area (Å²) in [4.78, 5) is 25.7. The molecule has 22 heavy (non-hydrogen) atoms. The SMILES string of the molecule is CN(C)C(=O)CNC(=O)Cn1nnc(-c2ccc(Br)cc2)n1. The Labute approximate surface area is 135 Å². The summed E-state index contributed by atoms with van der Waals surface area (Å²) in [5.74, 6) is -0.102. The van der Waals surface area contributed by atoms with E-state index in [2.05, 4.69) is 36.7 Å². The number of carbonyl (C=O) groups is 2. The largest absolute Gasteiger partial charge is 0.347 e. The van der Waals surface area contributed by atoms with E-state index in [9.17, 15) is 9.59 Å². The average molecular weight is 367 g/mol. The van der Waals surface area contributed by atoms with Crippen molar-refractivity contribution in [2.45, 2.75) is 6.54 Å². The number of amides is 2. The first-order valence-electron chi connectivity index (χ1n) is 6.46. The Balaban J connectivity index is 1.93. The summed E-state index contributed by atoms with van der Waals surface area (Å²) in [6, 6.07) is 7.44. The fraction of sp³-hybridized carbons (Fsp3) is 0.308. The molecule has 0 bridgehead atoms. The van der Waals surface area contributed by atoms with Crippen LogP contribution in [0.25, 0.3) is 11.4 Å². The number of aromatic nitrogens is 4. The van der Waals surface area contributed by atoms with Gasteiger partial charge in [0.1, 0.15) is 6.54 Å². The maximum atomic E-state index is 11.7. The third kappa shape index (κ3) is 4.35. The standard InChI is InChI=1S/C13H15BrN6O2/c1-19(2)12(22)7-15-11(21)8-20-17-13(16-18-20)9-3-5-10(14)6-4-9/h3-6H,7-8H2,1-2H3,(H,15,21). The lowest BCUT2D eigenvalue weighted by molar-refractivity contribution is -0.131. The van der Waals surface area contributed by atoms with Gasteiger partial charge in [-0.2, -0.15) is 4.80 Å². The number of nitrogens with one attached hydrogen (secondary N) is 1. The fourth-order valence-electron chi connectivity index (χ4n) is 1.54. The molecule has 1 N–H and O–H groups in total. The van der Waals surface area contributed by atoms with Crippen LogP contribution in [0.1, 0.15) is 0 Å². The van der Waals surface area contributed by atoms with E-state index < -0.39 is 0 Å². The molecule has 0 atom stereocenters. The Morgan fingerprint density at radius 1 is 1.27 bits per heavy atom. The van der Waals surface area contributed by atoms with E-state index in [1.807, 2.05) is 24.3 Å². The predicted molar refractivity (Wildman–Crippen MR) is 82.7 cm³/mol. The van der Waals surface area contributed by atoms with Gasteiger partial charge in [-0.15, -0.1) is 10.2 Å². The van der Waals surface area contributed by atoms with E-state index in [0.717, 1.165) is 10.0 Å². The minimum absolute atomic E-state index is 0.0555. The van der Waals surface area contributed by atoms with Crippen LogP contribution in [0.5, 0.6) is 0 Å². The first kappa shape index (κ1) is 16.1. The second-order valence-corrected chi connectivity index (χ2v) is 5.63. The van der Waals surface area contributed by atoms with E-state index in [4.69, 9.17) is 0 Å². The Morgan fingerprint density at radius 2 is 1.95 bits per heavy atom. The predicted octanol–water partition coefficient (Wildman–Crippen LogP) is 0.307. The molecular weight excluding hydrogens is 352 g/mol. The first-order chi connectivity index (χ1) is 10.5. The van der Waals surface area contributed by atoms with Crippen LogP contribution in [0.4, 0.5) is 0 Å². The van der Waals surface area contributed by atoms with Gasteiger partial charge in [0.2, 0.25) is 17.6 Å². The molecule has 0 radical (unpaired) electrons. The molecular formula is C13H15BrN6O2. The third-order valence-corrected chi connectivity index (χ3v) is 3.30. The molecule has 0 spiro atoms. The second kappa shape index (κ2) is 7.12. The number of hydrogen-bond acceptors (Lipinski definition) is 5. The van der Waals surface area contributed by atoms with Crippen LogP contribution < -0.4 is 5.32 Å². The summed E-state index contributed by atoms with van der Waals surface area (Å²) < 4.78 is 0.952. The van der Waals surface area contributed by atoms with Gasteiger partial charge in [-0.3, -0.25) is 9.59 Å². The molecule has 8 nitrogen and oxygen atoms in total. The van der Waals surface area contributed by atoms with Gasteiger partial charge in [0.25, 0.3) is 0 Å². The van der Waals surface area contributed by atoms with Gasteiger partial charge in [0.05, 0.1) is 6.54 Å².